The van der Waals surface area contributed by atoms with E-state index < -0.39 is 0 Å². The second-order valence-corrected chi connectivity index (χ2v) is 8.87. The molecule has 1 heterocycles. The lowest BCUT2D eigenvalue weighted by Gasteiger charge is -2.31. The molecule has 0 bridgehead atoms. The Hall–Kier alpha value is -3.54. The zero-order valence-electron chi connectivity index (χ0n) is 19.1. The van der Waals surface area contributed by atoms with Crippen molar-refractivity contribution in [3.05, 3.63) is 94.6 Å². The van der Waals surface area contributed by atoms with E-state index in [4.69, 9.17) is 4.74 Å². The molecule has 2 aliphatic carbocycles. The predicted molar refractivity (Wildman–Crippen MR) is 127 cm³/mol. The van der Waals surface area contributed by atoms with Gasteiger partial charge in [0.05, 0.1) is 24.4 Å². The zero-order chi connectivity index (χ0) is 23.1. The lowest BCUT2D eigenvalue weighted by Crippen LogP contribution is -2.34. The van der Waals surface area contributed by atoms with E-state index in [0.717, 1.165) is 41.1 Å². The summed E-state index contributed by atoms with van der Waals surface area (Å²) < 4.78 is 18.9. The lowest BCUT2D eigenvalue weighted by molar-refractivity contribution is -0.133. The van der Waals surface area contributed by atoms with Gasteiger partial charge in [-0.2, -0.15) is 0 Å². The molecule has 1 amide bonds. The number of methoxy groups -OCH3 is 1. The third-order valence-electron chi connectivity index (χ3n) is 6.94. The minimum atomic E-state index is -0.253. The minimum Gasteiger partial charge on any atom is -0.496 e. The van der Waals surface area contributed by atoms with Crippen LogP contribution in [0.2, 0.25) is 0 Å². The van der Waals surface area contributed by atoms with Gasteiger partial charge in [0.1, 0.15) is 11.6 Å². The highest BCUT2D eigenvalue weighted by Gasteiger charge is 2.41. The molecule has 5 rings (SSSR count). The SMILES string of the molecule is COc1ccccc1CN(C)C(=O)[C@H]1CCC2=C1[C@@H](C)C1=CNN(c3ccc(F)cc3)C1=C2. The Morgan fingerprint density at radius 2 is 1.97 bits per heavy atom. The average Bonchev–Trinajstić information content (AvgIpc) is 3.45. The monoisotopic (exact) mass is 445 g/mol. The number of ether oxygens (including phenoxy) is 1. The lowest BCUT2D eigenvalue weighted by atomic mass is 9.80. The molecular formula is C27H28FN3O2. The fourth-order valence-electron chi connectivity index (χ4n) is 5.29. The number of carbonyl (C=O) groups is 1. The topological polar surface area (TPSA) is 44.8 Å². The quantitative estimate of drug-likeness (QED) is 0.708. The summed E-state index contributed by atoms with van der Waals surface area (Å²) in [5.74, 6) is 0.709. The van der Waals surface area contributed by atoms with Gasteiger partial charge in [-0.1, -0.05) is 25.1 Å². The molecule has 5 nitrogen and oxygen atoms in total. The average molecular weight is 446 g/mol. The van der Waals surface area contributed by atoms with Gasteiger partial charge in [0, 0.05) is 36.8 Å². The van der Waals surface area contributed by atoms with Crippen LogP contribution in [0.25, 0.3) is 0 Å². The van der Waals surface area contributed by atoms with Crippen molar-refractivity contribution in [1.29, 1.82) is 0 Å². The van der Waals surface area contributed by atoms with E-state index in [1.807, 2.05) is 47.4 Å². The van der Waals surface area contributed by atoms with Gasteiger partial charge in [0.25, 0.3) is 0 Å². The van der Waals surface area contributed by atoms with Crippen molar-refractivity contribution in [2.45, 2.75) is 26.3 Å². The number of halogens is 1. The fraction of sp³-hybridized carbons (Fsp3) is 0.296. The highest BCUT2D eigenvalue weighted by molar-refractivity contribution is 5.84. The number of fused-ring (bicyclic) bond motifs is 1. The van der Waals surface area contributed by atoms with E-state index in [9.17, 15) is 9.18 Å². The summed E-state index contributed by atoms with van der Waals surface area (Å²) in [6.45, 7) is 2.69. The number of hydrogen-bond donors (Lipinski definition) is 1. The van der Waals surface area contributed by atoms with Crippen LogP contribution in [-0.2, 0) is 11.3 Å². The molecule has 33 heavy (non-hydrogen) atoms. The van der Waals surface area contributed by atoms with Crippen LogP contribution in [0.5, 0.6) is 5.75 Å². The largest absolute Gasteiger partial charge is 0.496 e. The first-order valence-electron chi connectivity index (χ1n) is 11.3. The number of hydrogen-bond acceptors (Lipinski definition) is 4. The molecular weight excluding hydrogens is 417 g/mol. The normalized spacial score (nSPS) is 21.2. The molecule has 0 aromatic heterocycles. The van der Waals surface area contributed by atoms with Crippen LogP contribution < -0.4 is 15.2 Å². The van der Waals surface area contributed by atoms with E-state index in [-0.39, 0.29) is 23.6 Å². The molecule has 170 valence electrons. The molecule has 0 radical (unpaired) electrons. The Morgan fingerprint density at radius 1 is 1.21 bits per heavy atom. The van der Waals surface area contributed by atoms with E-state index in [0.29, 0.717) is 6.54 Å². The third kappa shape index (κ3) is 3.69. The number of allylic oxidation sites excluding steroid dienone is 3. The van der Waals surface area contributed by atoms with Crippen LogP contribution >= 0.6 is 0 Å². The number of carbonyl (C=O) groups excluding carboxylic acids is 1. The number of para-hydroxylation sites is 1. The number of amides is 1. The third-order valence-corrected chi connectivity index (χ3v) is 6.94. The Bertz CT molecular complexity index is 1180. The Kier molecular flexibility index (Phi) is 5.44. The van der Waals surface area contributed by atoms with Gasteiger partial charge in [0.15, 0.2) is 0 Å². The summed E-state index contributed by atoms with van der Waals surface area (Å²) in [5.41, 5.74) is 9.89. The molecule has 2 aromatic carbocycles. The number of rotatable bonds is 5. The second kappa shape index (κ2) is 8.43. The summed E-state index contributed by atoms with van der Waals surface area (Å²) in [7, 11) is 3.52. The molecule has 1 N–H and O–H groups in total. The van der Waals surface area contributed by atoms with Crippen molar-refractivity contribution >= 4 is 11.6 Å². The molecule has 2 atom stereocenters. The van der Waals surface area contributed by atoms with Gasteiger partial charge in [0.2, 0.25) is 5.91 Å². The predicted octanol–water partition coefficient (Wildman–Crippen LogP) is 4.94. The number of benzene rings is 2. The standard InChI is InChI=1S/C27H28FN3O2/c1-17-23-15-29-31(21-11-9-20(28)10-12-21)24(23)14-18-8-13-22(26(17)18)27(32)30(2)16-19-6-4-5-7-25(19)33-3/h4-7,9-12,14-15,17,22,29H,8,13,16H2,1-3H3/t17-,22-/m0/s1. The van der Waals surface area contributed by atoms with Crippen LogP contribution in [0.15, 0.2) is 83.2 Å². The summed E-state index contributed by atoms with van der Waals surface area (Å²) in [6.07, 6.45) is 5.90. The molecule has 0 unspecified atom stereocenters. The van der Waals surface area contributed by atoms with Gasteiger partial charge in [-0.25, -0.2) is 4.39 Å². The van der Waals surface area contributed by atoms with Crippen molar-refractivity contribution in [2.75, 3.05) is 19.2 Å². The highest BCUT2D eigenvalue weighted by atomic mass is 19.1. The molecule has 0 fully saturated rings. The fourth-order valence-corrected chi connectivity index (χ4v) is 5.29. The van der Waals surface area contributed by atoms with Crippen LogP contribution in [0.1, 0.15) is 25.3 Å². The maximum atomic E-state index is 13.5. The van der Waals surface area contributed by atoms with Crippen molar-refractivity contribution in [2.24, 2.45) is 11.8 Å². The van der Waals surface area contributed by atoms with Crippen LogP contribution in [0.4, 0.5) is 10.1 Å². The maximum absolute atomic E-state index is 13.5. The van der Waals surface area contributed by atoms with E-state index in [2.05, 4.69) is 18.4 Å². The Morgan fingerprint density at radius 3 is 2.73 bits per heavy atom. The minimum absolute atomic E-state index is 0.117. The smallest absolute Gasteiger partial charge is 0.229 e. The van der Waals surface area contributed by atoms with Crippen molar-refractivity contribution in [1.82, 2.24) is 10.3 Å². The number of nitrogens with one attached hydrogen (secondary N) is 1. The number of anilines is 1. The van der Waals surface area contributed by atoms with Gasteiger partial charge >= 0.3 is 0 Å². The van der Waals surface area contributed by atoms with E-state index >= 15 is 0 Å². The Labute approximate surface area is 193 Å². The van der Waals surface area contributed by atoms with Crippen LogP contribution in [0, 0.1) is 17.7 Å². The molecule has 1 aliphatic heterocycles. The first kappa shape index (κ1) is 21.3. The molecule has 3 aliphatic rings. The van der Waals surface area contributed by atoms with Crippen LogP contribution in [-0.4, -0.2) is 25.0 Å². The number of nitrogens with zero attached hydrogens (tertiary/aromatic N) is 2. The molecule has 6 heteroatoms. The first-order chi connectivity index (χ1) is 16.0. The molecule has 0 saturated carbocycles. The summed E-state index contributed by atoms with van der Waals surface area (Å²) in [5, 5.41) is 1.98. The molecule has 0 saturated heterocycles. The summed E-state index contributed by atoms with van der Waals surface area (Å²) in [4.78, 5) is 15.3. The summed E-state index contributed by atoms with van der Waals surface area (Å²) in [6, 6.07) is 14.3. The van der Waals surface area contributed by atoms with E-state index in [1.54, 1.807) is 19.2 Å². The van der Waals surface area contributed by atoms with E-state index in [1.165, 1.54) is 23.3 Å². The zero-order valence-corrected chi connectivity index (χ0v) is 19.1. The van der Waals surface area contributed by atoms with Crippen molar-refractivity contribution < 1.29 is 13.9 Å². The van der Waals surface area contributed by atoms with Crippen molar-refractivity contribution in [3.63, 3.8) is 0 Å². The summed E-state index contributed by atoms with van der Waals surface area (Å²) >= 11 is 0. The number of hydrazine groups is 1. The first-order valence-corrected chi connectivity index (χ1v) is 11.3. The highest BCUT2D eigenvalue weighted by Crippen LogP contribution is 2.48. The Balaban J connectivity index is 1.39. The van der Waals surface area contributed by atoms with Crippen molar-refractivity contribution in [3.8, 4) is 5.75 Å². The van der Waals surface area contributed by atoms with Gasteiger partial charge in [-0.15, -0.1) is 0 Å². The second-order valence-electron chi connectivity index (χ2n) is 8.87. The van der Waals surface area contributed by atoms with Gasteiger partial charge in [-0.05, 0) is 60.4 Å². The maximum Gasteiger partial charge on any atom is 0.229 e. The van der Waals surface area contributed by atoms with Gasteiger partial charge in [-0.3, -0.25) is 9.80 Å². The molecule has 0 spiro atoms. The molecule has 2 aromatic rings. The van der Waals surface area contributed by atoms with Crippen LogP contribution in [0.3, 0.4) is 0 Å². The van der Waals surface area contributed by atoms with Gasteiger partial charge < -0.3 is 15.1 Å².